The molecule has 0 saturated carbocycles. The molecule has 1 N–H and O–H groups in total. The summed E-state index contributed by atoms with van der Waals surface area (Å²) >= 11 is 7.01. The highest BCUT2D eigenvalue weighted by Gasteiger charge is 2.26. The van der Waals surface area contributed by atoms with Crippen molar-refractivity contribution in [3.8, 4) is 0 Å². The van der Waals surface area contributed by atoms with Crippen LogP contribution in [0.25, 0.3) is 0 Å². The van der Waals surface area contributed by atoms with Crippen molar-refractivity contribution in [3.05, 3.63) is 35.9 Å². The summed E-state index contributed by atoms with van der Waals surface area (Å²) in [6.07, 6.45) is 1.00. The van der Waals surface area contributed by atoms with Crippen LogP contribution in [0.4, 0.5) is 10.5 Å². The highest BCUT2D eigenvalue weighted by Crippen LogP contribution is 2.25. The third-order valence-electron chi connectivity index (χ3n) is 3.46. The zero-order chi connectivity index (χ0) is 19.2. The Morgan fingerprint density at radius 2 is 1.77 bits per heavy atom. The normalized spacial score (nSPS) is 15.9. The van der Waals surface area contributed by atoms with Crippen molar-refractivity contribution in [3.63, 3.8) is 0 Å². The lowest BCUT2D eigenvalue weighted by atomic mass is 10.2. The molecule has 0 atom stereocenters. The summed E-state index contributed by atoms with van der Waals surface area (Å²) in [5, 5.41) is 2.72. The number of carbonyl (C=O) groups is 2. The van der Waals surface area contributed by atoms with Gasteiger partial charge in [-0.15, -0.1) is 0 Å². The van der Waals surface area contributed by atoms with E-state index in [-0.39, 0.29) is 12.0 Å². The highest BCUT2D eigenvalue weighted by molar-refractivity contribution is 7.97. The molecule has 8 heteroatoms. The molecule has 2 amide bonds. The second kappa shape index (κ2) is 9.30. The molecule has 1 heterocycles. The van der Waals surface area contributed by atoms with Crippen LogP contribution in [0.5, 0.6) is 0 Å². The van der Waals surface area contributed by atoms with E-state index >= 15 is 0 Å². The summed E-state index contributed by atoms with van der Waals surface area (Å²) in [4.78, 5) is 26.3. The molecule has 1 fully saturated rings. The zero-order valence-electron chi connectivity index (χ0n) is 15.2. The first kappa shape index (κ1) is 20.6. The number of hydrogen-bond donors (Lipinski definition) is 1. The molecule has 0 radical (unpaired) electrons. The lowest BCUT2D eigenvalue weighted by Gasteiger charge is -2.34. The number of hydrogen-bond acceptors (Lipinski definition) is 5. The molecule has 1 aromatic rings. The first-order valence-corrected chi connectivity index (χ1v) is 9.56. The maximum atomic E-state index is 12.1. The molecule has 0 aliphatic carbocycles. The van der Waals surface area contributed by atoms with E-state index in [2.05, 4.69) is 9.62 Å². The minimum atomic E-state index is -0.473. The van der Waals surface area contributed by atoms with Crippen LogP contribution >= 0.6 is 23.5 Å². The Balaban J connectivity index is 1.80. The summed E-state index contributed by atoms with van der Waals surface area (Å²) in [6, 6.07) is 7.59. The van der Waals surface area contributed by atoms with Gasteiger partial charge in [0.1, 0.15) is 5.60 Å². The molecule has 0 aromatic heterocycles. The molecule has 1 saturated heterocycles. The van der Waals surface area contributed by atoms with E-state index in [9.17, 15) is 9.59 Å². The van der Waals surface area contributed by atoms with Crippen molar-refractivity contribution < 1.29 is 14.3 Å². The summed E-state index contributed by atoms with van der Waals surface area (Å²) in [6.45, 7) is 8.42. The lowest BCUT2D eigenvalue weighted by molar-refractivity contribution is -0.111. The van der Waals surface area contributed by atoms with Crippen LogP contribution in [0.15, 0.2) is 40.8 Å². The number of nitrogens with zero attached hydrogens (tertiary/aromatic N) is 2. The molecule has 0 bridgehead atoms. The Morgan fingerprint density at radius 3 is 2.31 bits per heavy atom. The Kier molecular flexibility index (Phi) is 7.37. The summed E-state index contributed by atoms with van der Waals surface area (Å²) in [5.74, 6) is -0.265. The maximum Gasteiger partial charge on any atom is 0.410 e. The van der Waals surface area contributed by atoms with E-state index in [0.717, 1.165) is 18.0 Å². The molecule has 1 aliphatic heterocycles. The molecule has 0 spiro atoms. The van der Waals surface area contributed by atoms with Gasteiger partial charge in [0.2, 0.25) is 5.91 Å². The van der Waals surface area contributed by atoms with Gasteiger partial charge in [-0.2, -0.15) is 0 Å². The smallest absolute Gasteiger partial charge is 0.410 e. The van der Waals surface area contributed by atoms with E-state index in [0.29, 0.717) is 18.8 Å². The van der Waals surface area contributed by atoms with Crippen molar-refractivity contribution >= 4 is 41.2 Å². The van der Waals surface area contributed by atoms with E-state index in [1.807, 2.05) is 45.0 Å². The van der Waals surface area contributed by atoms with Gasteiger partial charge in [-0.05, 0) is 57.0 Å². The molecule has 26 heavy (non-hydrogen) atoms. The summed E-state index contributed by atoms with van der Waals surface area (Å²) < 4.78 is 7.62. The second-order valence-corrected chi connectivity index (χ2v) is 8.22. The molecule has 1 aliphatic rings. The van der Waals surface area contributed by atoms with Crippen LogP contribution in [0.2, 0.25) is 0 Å². The average Bonchev–Trinajstić information content (AvgIpc) is 2.56. The van der Waals surface area contributed by atoms with Crippen LogP contribution in [0.3, 0.4) is 0 Å². The number of rotatable bonds is 4. The molecule has 142 valence electrons. The van der Waals surface area contributed by atoms with Crippen LogP contribution in [0.1, 0.15) is 20.8 Å². The Bertz CT molecular complexity index is 651. The van der Waals surface area contributed by atoms with Gasteiger partial charge in [0.15, 0.2) is 0 Å². The van der Waals surface area contributed by atoms with Gasteiger partial charge in [0.25, 0.3) is 0 Å². The molecule has 0 unspecified atom stereocenters. The minimum Gasteiger partial charge on any atom is -0.444 e. The zero-order valence-corrected chi connectivity index (χ0v) is 16.8. The molecular weight excluding hydrogens is 374 g/mol. The third-order valence-corrected chi connectivity index (χ3v) is 4.69. The van der Waals surface area contributed by atoms with Gasteiger partial charge < -0.3 is 15.0 Å². The Morgan fingerprint density at radius 1 is 1.15 bits per heavy atom. The molecule has 6 nitrogen and oxygen atoms in total. The second-order valence-electron chi connectivity index (χ2n) is 6.79. The fourth-order valence-electron chi connectivity index (χ4n) is 2.28. The van der Waals surface area contributed by atoms with Gasteiger partial charge in [0, 0.05) is 48.4 Å². The SMILES string of the molecule is CC(C)(C)OC(=O)N1CCN(Sc2ccc(NC(=O)C=CCl)cc2)CC1. The summed E-state index contributed by atoms with van der Waals surface area (Å²) in [7, 11) is 0. The highest BCUT2D eigenvalue weighted by atomic mass is 35.5. The van der Waals surface area contributed by atoms with Crippen LogP contribution < -0.4 is 5.32 Å². The predicted molar refractivity (Wildman–Crippen MR) is 105 cm³/mol. The fourth-order valence-corrected chi connectivity index (χ4v) is 3.29. The van der Waals surface area contributed by atoms with Gasteiger partial charge in [-0.1, -0.05) is 11.6 Å². The molecule has 1 aromatic carbocycles. The topological polar surface area (TPSA) is 61.9 Å². The van der Waals surface area contributed by atoms with Gasteiger partial charge >= 0.3 is 6.09 Å². The molecule has 2 rings (SSSR count). The first-order valence-electron chi connectivity index (χ1n) is 8.35. The number of halogens is 1. The fraction of sp³-hybridized carbons (Fsp3) is 0.444. The van der Waals surface area contributed by atoms with Crippen molar-refractivity contribution in [2.75, 3.05) is 31.5 Å². The number of carbonyl (C=O) groups excluding carboxylic acids is 2. The standard InChI is InChI=1S/C18H24ClN3O3S/c1-18(2,3)25-17(24)21-10-12-22(13-11-21)26-15-6-4-14(5-7-15)20-16(23)8-9-19/h4-9H,10-13H2,1-3H3,(H,20,23). The van der Waals surface area contributed by atoms with Crippen LogP contribution in [0, 0.1) is 0 Å². The number of amides is 2. The van der Waals surface area contributed by atoms with Gasteiger partial charge in [0.05, 0.1) is 0 Å². The number of piperazine rings is 1. The van der Waals surface area contributed by atoms with E-state index in [1.165, 1.54) is 11.6 Å². The van der Waals surface area contributed by atoms with E-state index in [1.54, 1.807) is 16.8 Å². The Labute approximate surface area is 163 Å². The monoisotopic (exact) mass is 397 g/mol. The van der Waals surface area contributed by atoms with Crippen LogP contribution in [-0.2, 0) is 9.53 Å². The van der Waals surface area contributed by atoms with Gasteiger partial charge in [-0.25, -0.2) is 9.10 Å². The third kappa shape index (κ3) is 6.90. The van der Waals surface area contributed by atoms with Crippen molar-refractivity contribution in [1.82, 2.24) is 9.21 Å². The maximum absolute atomic E-state index is 12.1. The van der Waals surface area contributed by atoms with E-state index in [4.69, 9.17) is 16.3 Å². The lowest BCUT2D eigenvalue weighted by Crippen LogP contribution is -2.47. The van der Waals surface area contributed by atoms with E-state index < -0.39 is 5.60 Å². The largest absolute Gasteiger partial charge is 0.444 e. The number of anilines is 1. The number of nitrogens with one attached hydrogen (secondary N) is 1. The van der Waals surface area contributed by atoms with Crippen LogP contribution in [-0.4, -0.2) is 53.0 Å². The number of ether oxygens (including phenoxy) is 1. The van der Waals surface area contributed by atoms with Crippen molar-refractivity contribution in [2.24, 2.45) is 0 Å². The Hall–Kier alpha value is -1.70. The summed E-state index contributed by atoms with van der Waals surface area (Å²) in [5.41, 5.74) is 1.42. The predicted octanol–water partition coefficient (Wildman–Crippen LogP) is 3.94. The minimum absolute atomic E-state index is 0.256. The van der Waals surface area contributed by atoms with Gasteiger partial charge in [-0.3, -0.25) is 4.79 Å². The average molecular weight is 398 g/mol. The number of benzene rings is 1. The quantitative estimate of drug-likeness (QED) is 0.616. The van der Waals surface area contributed by atoms with Crippen molar-refractivity contribution in [2.45, 2.75) is 31.3 Å². The van der Waals surface area contributed by atoms with Crippen molar-refractivity contribution in [1.29, 1.82) is 0 Å². The first-order chi connectivity index (χ1) is 12.3. The molecular formula is C18H24ClN3O3S.